The lowest BCUT2D eigenvalue weighted by molar-refractivity contribution is 0.443. The Morgan fingerprint density at radius 3 is 2.43 bits per heavy atom. The zero-order valence-electron chi connectivity index (χ0n) is 17.1. The van der Waals surface area contributed by atoms with Crippen molar-refractivity contribution in [2.24, 2.45) is 0 Å². The van der Waals surface area contributed by atoms with Gasteiger partial charge in [0.15, 0.2) is 0 Å². The number of fused-ring (bicyclic) bond motifs is 5. The van der Waals surface area contributed by atoms with Gasteiger partial charge in [0.05, 0.1) is 21.9 Å². The molecule has 0 bridgehead atoms. The lowest BCUT2D eigenvalue weighted by Crippen LogP contribution is -2.14. The average Bonchev–Trinajstić information content (AvgIpc) is 3.39. The average molecular weight is 464 g/mol. The van der Waals surface area contributed by atoms with E-state index in [-0.39, 0.29) is 5.56 Å². The molecule has 6 rings (SSSR count). The van der Waals surface area contributed by atoms with Crippen molar-refractivity contribution in [3.63, 3.8) is 0 Å². The molecule has 0 unspecified atom stereocenters. The molecule has 154 valence electrons. The van der Waals surface area contributed by atoms with Crippen LogP contribution in [-0.4, -0.2) is 14.0 Å². The molecule has 2 aromatic heterocycles. The quantitative estimate of drug-likeness (QED) is 0.330. The monoisotopic (exact) mass is 463 g/mol. The van der Waals surface area contributed by atoms with E-state index in [0.717, 1.165) is 21.3 Å². The van der Waals surface area contributed by atoms with Gasteiger partial charge in [-0.25, -0.2) is 0 Å². The number of rotatable bonds is 2. The SMILES string of the molecule is O=c1nc2n(C3CCCC3)c3cc(C4CCCCC4)ccc3n2c2cccc(Br)c12. The molecule has 2 saturated carbocycles. The first-order valence-corrected chi connectivity index (χ1v) is 12.2. The third-order valence-corrected chi connectivity index (χ3v) is 7.99. The highest BCUT2D eigenvalue weighted by Crippen LogP contribution is 2.39. The normalized spacial score (nSPS) is 18.8. The molecule has 0 saturated heterocycles. The van der Waals surface area contributed by atoms with E-state index in [2.05, 4.69) is 48.1 Å². The summed E-state index contributed by atoms with van der Waals surface area (Å²) in [7, 11) is 0. The van der Waals surface area contributed by atoms with Crippen LogP contribution in [0.5, 0.6) is 0 Å². The van der Waals surface area contributed by atoms with Gasteiger partial charge in [-0.1, -0.05) is 44.2 Å². The van der Waals surface area contributed by atoms with Gasteiger partial charge in [-0.2, -0.15) is 4.98 Å². The maximum Gasteiger partial charge on any atom is 0.283 e. The second kappa shape index (κ2) is 7.23. The first-order chi connectivity index (χ1) is 14.7. The number of benzene rings is 2. The van der Waals surface area contributed by atoms with Gasteiger partial charge in [0.25, 0.3) is 5.56 Å². The number of hydrogen-bond acceptors (Lipinski definition) is 2. The molecular weight excluding hydrogens is 438 g/mol. The van der Waals surface area contributed by atoms with E-state index >= 15 is 0 Å². The molecule has 0 spiro atoms. The second-order valence-corrected chi connectivity index (χ2v) is 9.93. The van der Waals surface area contributed by atoms with E-state index in [4.69, 9.17) is 0 Å². The predicted molar refractivity (Wildman–Crippen MR) is 125 cm³/mol. The van der Waals surface area contributed by atoms with Gasteiger partial charge >= 0.3 is 0 Å². The largest absolute Gasteiger partial charge is 0.306 e. The Labute approximate surface area is 184 Å². The van der Waals surface area contributed by atoms with E-state index in [9.17, 15) is 4.79 Å². The second-order valence-electron chi connectivity index (χ2n) is 9.08. The molecule has 0 N–H and O–H groups in total. The third-order valence-electron chi connectivity index (χ3n) is 7.33. The fourth-order valence-corrected chi connectivity index (χ4v) is 6.38. The summed E-state index contributed by atoms with van der Waals surface area (Å²) in [5.41, 5.74) is 4.65. The van der Waals surface area contributed by atoms with Crippen molar-refractivity contribution >= 4 is 43.6 Å². The van der Waals surface area contributed by atoms with Gasteiger partial charge in [-0.15, -0.1) is 0 Å². The maximum atomic E-state index is 13.0. The minimum absolute atomic E-state index is 0.146. The van der Waals surface area contributed by atoms with E-state index < -0.39 is 0 Å². The van der Waals surface area contributed by atoms with Crippen LogP contribution in [0, 0.1) is 0 Å². The Bertz CT molecular complexity index is 1320. The van der Waals surface area contributed by atoms with Crippen LogP contribution in [0.25, 0.3) is 27.7 Å². The number of halogens is 1. The summed E-state index contributed by atoms with van der Waals surface area (Å²) in [6.07, 6.45) is 11.5. The van der Waals surface area contributed by atoms with Crippen LogP contribution in [0.2, 0.25) is 0 Å². The number of nitrogens with zero attached hydrogens (tertiary/aromatic N) is 3. The third kappa shape index (κ3) is 2.78. The molecule has 0 radical (unpaired) electrons. The lowest BCUT2D eigenvalue weighted by atomic mass is 9.84. The van der Waals surface area contributed by atoms with E-state index in [1.807, 2.05) is 18.2 Å². The fraction of sp³-hybridized carbons (Fsp3) is 0.440. The summed E-state index contributed by atoms with van der Waals surface area (Å²) in [6, 6.07) is 13.4. The Balaban J connectivity index is 1.71. The number of aromatic nitrogens is 3. The molecule has 5 heteroatoms. The first-order valence-electron chi connectivity index (χ1n) is 11.4. The molecule has 4 nitrogen and oxygen atoms in total. The predicted octanol–water partition coefficient (Wildman–Crippen LogP) is 6.73. The van der Waals surface area contributed by atoms with Crippen LogP contribution in [0.15, 0.2) is 45.7 Å². The summed E-state index contributed by atoms with van der Waals surface area (Å²) in [6.45, 7) is 0. The molecule has 30 heavy (non-hydrogen) atoms. The van der Waals surface area contributed by atoms with Crippen molar-refractivity contribution in [2.75, 3.05) is 0 Å². The number of hydrogen-bond donors (Lipinski definition) is 0. The molecule has 2 aromatic carbocycles. The molecule has 2 fully saturated rings. The zero-order valence-corrected chi connectivity index (χ0v) is 18.7. The molecule has 2 aliphatic carbocycles. The fourth-order valence-electron chi connectivity index (χ4n) is 5.86. The van der Waals surface area contributed by atoms with Crippen LogP contribution in [-0.2, 0) is 0 Å². The van der Waals surface area contributed by atoms with Crippen molar-refractivity contribution in [3.8, 4) is 0 Å². The van der Waals surface area contributed by atoms with Gasteiger partial charge in [0.2, 0.25) is 5.78 Å². The zero-order chi connectivity index (χ0) is 20.2. The molecule has 4 aromatic rings. The van der Waals surface area contributed by atoms with Crippen molar-refractivity contribution in [2.45, 2.75) is 69.7 Å². The maximum absolute atomic E-state index is 13.0. The topological polar surface area (TPSA) is 39.3 Å². The van der Waals surface area contributed by atoms with Gasteiger partial charge in [-0.3, -0.25) is 9.20 Å². The Kier molecular flexibility index (Phi) is 4.48. The van der Waals surface area contributed by atoms with Gasteiger partial charge in [0.1, 0.15) is 0 Å². The van der Waals surface area contributed by atoms with Crippen molar-refractivity contribution in [1.82, 2.24) is 14.0 Å². The minimum atomic E-state index is -0.146. The molecule has 0 amide bonds. The van der Waals surface area contributed by atoms with Crippen LogP contribution >= 0.6 is 15.9 Å². The van der Waals surface area contributed by atoms with E-state index in [1.165, 1.54) is 68.9 Å². The minimum Gasteiger partial charge on any atom is -0.306 e. The van der Waals surface area contributed by atoms with Crippen LogP contribution in [0.3, 0.4) is 0 Å². The van der Waals surface area contributed by atoms with Gasteiger partial charge in [-0.05, 0) is 77.4 Å². The Morgan fingerprint density at radius 2 is 1.63 bits per heavy atom. The van der Waals surface area contributed by atoms with Gasteiger partial charge in [0, 0.05) is 10.5 Å². The molecule has 0 atom stereocenters. The lowest BCUT2D eigenvalue weighted by Gasteiger charge is -2.22. The number of imidazole rings is 1. The Morgan fingerprint density at radius 1 is 0.867 bits per heavy atom. The molecule has 2 heterocycles. The highest BCUT2D eigenvalue weighted by Gasteiger charge is 2.25. The van der Waals surface area contributed by atoms with Crippen LogP contribution in [0.1, 0.15) is 75.3 Å². The van der Waals surface area contributed by atoms with Crippen molar-refractivity contribution in [1.29, 1.82) is 0 Å². The summed E-state index contributed by atoms with van der Waals surface area (Å²) in [5.74, 6) is 1.46. The van der Waals surface area contributed by atoms with Gasteiger partial charge < -0.3 is 4.57 Å². The highest BCUT2D eigenvalue weighted by atomic mass is 79.9. The van der Waals surface area contributed by atoms with Crippen LogP contribution < -0.4 is 5.56 Å². The first kappa shape index (κ1) is 18.6. The van der Waals surface area contributed by atoms with Crippen LogP contribution in [0.4, 0.5) is 0 Å². The standard InChI is InChI=1S/C25H26BrN3O/c26-19-11-6-12-21-23(19)24(30)27-25-28(18-9-4-5-10-18)22-15-17(13-14-20(22)29(21)25)16-7-2-1-3-8-16/h6,11-16,18H,1-5,7-10H2. The van der Waals surface area contributed by atoms with Crippen molar-refractivity contribution < 1.29 is 0 Å². The molecule has 2 aliphatic rings. The van der Waals surface area contributed by atoms with Crippen molar-refractivity contribution in [3.05, 3.63) is 56.8 Å². The van der Waals surface area contributed by atoms with E-state index in [1.54, 1.807) is 0 Å². The summed E-state index contributed by atoms with van der Waals surface area (Å²) >= 11 is 3.57. The Hall–Kier alpha value is -2.14. The summed E-state index contributed by atoms with van der Waals surface area (Å²) in [5, 5.41) is 0.664. The highest BCUT2D eigenvalue weighted by molar-refractivity contribution is 9.10. The smallest absolute Gasteiger partial charge is 0.283 e. The molecular formula is C25H26BrN3O. The summed E-state index contributed by atoms with van der Waals surface area (Å²) < 4.78 is 5.41. The molecule has 0 aliphatic heterocycles. The van der Waals surface area contributed by atoms with E-state index in [0.29, 0.717) is 17.3 Å². The summed E-state index contributed by atoms with van der Waals surface area (Å²) in [4.78, 5) is 17.6.